The summed E-state index contributed by atoms with van der Waals surface area (Å²) in [5, 5.41) is 13.8. The molecule has 0 radical (unpaired) electrons. The summed E-state index contributed by atoms with van der Waals surface area (Å²) in [5.74, 6) is 1.42. The molecule has 5 nitrogen and oxygen atoms in total. The zero-order valence-corrected chi connectivity index (χ0v) is 16.3. The Morgan fingerprint density at radius 1 is 1.55 bits per heavy atom. The predicted molar refractivity (Wildman–Crippen MR) is 99.6 cm³/mol. The second kappa shape index (κ2) is 7.68. The third-order valence-electron chi connectivity index (χ3n) is 3.90. The molecule has 6 heteroatoms. The Morgan fingerprint density at radius 2 is 2.27 bits per heavy atom. The standard InChI is InChI=1S/C16H27N3O2.HI/c1-5-17-14(19-9-8-15(2,3)12-19)18-11-16(4,20)13-7-6-10-21-13;/h6-7,10,20H,5,8-9,11-12H2,1-4H3,(H,17,18);1H. The first-order chi connectivity index (χ1) is 9.84. The second-order valence-electron chi connectivity index (χ2n) is 6.76. The lowest BCUT2D eigenvalue weighted by Crippen LogP contribution is -2.41. The summed E-state index contributed by atoms with van der Waals surface area (Å²) in [5.41, 5.74) is -0.765. The van der Waals surface area contributed by atoms with Crippen molar-refractivity contribution in [3.63, 3.8) is 0 Å². The van der Waals surface area contributed by atoms with Crippen molar-refractivity contribution in [3.05, 3.63) is 24.2 Å². The molecule has 1 unspecified atom stereocenters. The summed E-state index contributed by atoms with van der Waals surface area (Å²) in [7, 11) is 0. The van der Waals surface area contributed by atoms with Crippen LogP contribution in [0.4, 0.5) is 0 Å². The average molecular weight is 421 g/mol. The van der Waals surface area contributed by atoms with E-state index in [0.29, 0.717) is 11.2 Å². The third kappa shape index (κ3) is 4.87. The molecule has 126 valence electrons. The van der Waals surface area contributed by atoms with Crippen molar-refractivity contribution in [1.29, 1.82) is 0 Å². The summed E-state index contributed by atoms with van der Waals surface area (Å²) in [4.78, 5) is 6.88. The van der Waals surface area contributed by atoms with Crippen LogP contribution in [-0.4, -0.2) is 42.1 Å². The maximum atomic E-state index is 10.5. The molecule has 1 aromatic rings. The van der Waals surface area contributed by atoms with E-state index in [4.69, 9.17) is 4.42 Å². The minimum absolute atomic E-state index is 0. The molecule has 0 saturated carbocycles. The number of rotatable bonds is 4. The quantitative estimate of drug-likeness (QED) is 0.446. The van der Waals surface area contributed by atoms with E-state index in [2.05, 4.69) is 36.0 Å². The van der Waals surface area contributed by atoms with E-state index in [-0.39, 0.29) is 30.5 Å². The van der Waals surface area contributed by atoms with Crippen molar-refractivity contribution in [2.24, 2.45) is 10.4 Å². The zero-order chi connectivity index (χ0) is 15.5. The molecular formula is C16H28IN3O2. The molecule has 1 aromatic heterocycles. The Balaban J connectivity index is 0.00000242. The van der Waals surface area contributed by atoms with Crippen LogP contribution in [0.3, 0.4) is 0 Å². The number of nitrogens with zero attached hydrogens (tertiary/aromatic N) is 2. The highest BCUT2D eigenvalue weighted by Crippen LogP contribution is 2.29. The smallest absolute Gasteiger partial charge is 0.194 e. The Bertz CT molecular complexity index is 484. The number of guanidine groups is 1. The highest BCUT2D eigenvalue weighted by molar-refractivity contribution is 14.0. The van der Waals surface area contributed by atoms with Gasteiger partial charge in [-0.3, -0.25) is 0 Å². The first-order valence-corrected chi connectivity index (χ1v) is 7.64. The average Bonchev–Trinajstić information content (AvgIpc) is 3.04. The van der Waals surface area contributed by atoms with E-state index in [9.17, 15) is 5.11 Å². The predicted octanol–water partition coefficient (Wildman–Crippen LogP) is 2.80. The molecule has 22 heavy (non-hydrogen) atoms. The van der Waals surface area contributed by atoms with Gasteiger partial charge in [0.05, 0.1) is 12.8 Å². The monoisotopic (exact) mass is 421 g/mol. The summed E-state index contributed by atoms with van der Waals surface area (Å²) < 4.78 is 5.30. The van der Waals surface area contributed by atoms with Crippen LogP contribution in [0.5, 0.6) is 0 Å². The van der Waals surface area contributed by atoms with Crippen LogP contribution in [0, 0.1) is 5.41 Å². The lowest BCUT2D eigenvalue weighted by molar-refractivity contribution is 0.0435. The fourth-order valence-corrected chi connectivity index (χ4v) is 2.61. The zero-order valence-electron chi connectivity index (χ0n) is 13.9. The number of aliphatic imine (C=N–C) groups is 1. The van der Waals surface area contributed by atoms with Gasteiger partial charge in [-0.15, -0.1) is 24.0 Å². The van der Waals surface area contributed by atoms with Crippen molar-refractivity contribution in [2.45, 2.75) is 39.7 Å². The molecule has 2 rings (SSSR count). The van der Waals surface area contributed by atoms with E-state index in [1.165, 1.54) is 0 Å². The maximum absolute atomic E-state index is 10.5. The molecule has 0 bridgehead atoms. The minimum atomic E-state index is -1.08. The number of hydrogen-bond acceptors (Lipinski definition) is 3. The molecule has 1 saturated heterocycles. The largest absolute Gasteiger partial charge is 0.466 e. The molecule has 0 aliphatic carbocycles. The van der Waals surface area contributed by atoms with Gasteiger partial charge in [-0.05, 0) is 37.8 Å². The van der Waals surface area contributed by atoms with E-state index < -0.39 is 5.60 Å². The van der Waals surface area contributed by atoms with Gasteiger partial charge in [-0.25, -0.2) is 4.99 Å². The summed E-state index contributed by atoms with van der Waals surface area (Å²) in [6.07, 6.45) is 2.73. The second-order valence-corrected chi connectivity index (χ2v) is 6.76. The Morgan fingerprint density at radius 3 is 2.77 bits per heavy atom. The number of aliphatic hydroxyl groups is 1. The number of hydrogen-bond donors (Lipinski definition) is 2. The molecule has 1 atom stereocenters. The van der Waals surface area contributed by atoms with Gasteiger partial charge >= 0.3 is 0 Å². The molecule has 0 amide bonds. The third-order valence-corrected chi connectivity index (χ3v) is 3.90. The summed E-state index contributed by atoms with van der Waals surface area (Å²) in [6.45, 7) is 11.4. The van der Waals surface area contributed by atoms with E-state index in [1.807, 2.05) is 0 Å². The maximum Gasteiger partial charge on any atom is 0.194 e. The summed E-state index contributed by atoms with van der Waals surface area (Å²) in [6, 6.07) is 3.56. The molecule has 2 heterocycles. The lowest BCUT2D eigenvalue weighted by Gasteiger charge is -2.25. The topological polar surface area (TPSA) is 61.0 Å². The normalized spacial score (nSPS) is 20.4. The number of furan rings is 1. The molecule has 0 aromatic carbocycles. The highest BCUT2D eigenvalue weighted by atomic mass is 127. The molecule has 2 N–H and O–H groups in total. The van der Waals surface area contributed by atoms with Crippen molar-refractivity contribution in [2.75, 3.05) is 26.2 Å². The first kappa shape index (κ1) is 19.3. The van der Waals surface area contributed by atoms with Gasteiger partial charge in [0, 0.05) is 19.6 Å². The number of halogens is 1. The Labute approximate surface area is 150 Å². The van der Waals surface area contributed by atoms with Crippen LogP contribution in [0.1, 0.15) is 39.9 Å². The van der Waals surface area contributed by atoms with Gasteiger partial charge in [0.1, 0.15) is 11.4 Å². The van der Waals surface area contributed by atoms with Gasteiger partial charge in [-0.1, -0.05) is 13.8 Å². The van der Waals surface area contributed by atoms with Gasteiger partial charge in [0.2, 0.25) is 0 Å². The minimum Gasteiger partial charge on any atom is -0.466 e. The van der Waals surface area contributed by atoms with Gasteiger partial charge in [0.25, 0.3) is 0 Å². The van der Waals surface area contributed by atoms with Crippen LogP contribution in [-0.2, 0) is 5.60 Å². The SMILES string of the molecule is CCNC(=NCC(C)(O)c1ccco1)N1CCC(C)(C)C1.I. The van der Waals surface area contributed by atoms with Gasteiger partial charge in [0.15, 0.2) is 5.96 Å². The van der Waals surface area contributed by atoms with E-state index in [0.717, 1.165) is 32.0 Å². The fraction of sp³-hybridized carbons (Fsp3) is 0.688. The fourth-order valence-electron chi connectivity index (χ4n) is 2.61. The molecule has 0 spiro atoms. The van der Waals surface area contributed by atoms with Crippen LogP contribution in [0.25, 0.3) is 0 Å². The van der Waals surface area contributed by atoms with E-state index in [1.54, 1.807) is 25.3 Å². The van der Waals surface area contributed by atoms with Crippen LogP contribution in [0.2, 0.25) is 0 Å². The highest BCUT2D eigenvalue weighted by Gasteiger charge is 2.32. The number of likely N-dealkylation sites (tertiary alicyclic amines) is 1. The van der Waals surface area contributed by atoms with E-state index >= 15 is 0 Å². The van der Waals surface area contributed by atoms with Crippen LogP contribution in [0.15, 0.2) is 27.8 Å². The summed E-state index contributed by atoms with van der Waals surface area (Å²) >= 11 is 0. The van der Waals surface area contributed by atoms with Crippen molar-refractivity contribution in [3.8, 4) is 0 Å². The van der Waals surface area contributed by atoms with Gasteiger partial charge in [-0.2, -0.15) is 0 Å². The van der Waals surface area contributed by atoms with Crippen molar-refractivity contribution in [1.82, 2.24) is 10.2 Å². The van der Waals surface area contributed by atoms with Crippen molar-refractivity contribution >= 4 is 29.9 Å². The molecule has 1 aliphatic rings. The van der Waals surface area contributed by atoms with Crippen molar-refractivity contribution < 1.29 is 9.52 Å². The van der Waals surface area contributed by atoms with Crippen LogP contribution < -0.4 is 5.32 Å². The molecular weight excluding hydrogens is 393 g/mol. The number of nitrogens with one attached hydrogen (secondary N) is 1. The van der Waals surface area contributed by atoms with Crippen LogP contribution >= 0.6 is 24.0 Å². The Kier molecular flexibility index (Phi) is 6.73. The Hall–Kier alpha value is -0.760. The van der Waals surface area contributed by atoms with Gasteiger partial charge < -0.3 is 19.7 Å². The first-order valence-electron chi connectivity index (χ1n) is 7.64. The molecule has 1 fully saturated rings. The lowest BCUT2D eigenvalue weighted by atomic mass is 9.93. The molecule has 1 aliphatic heterocycles.